The third kappa shape index (κ3) is 4.64. The molecule has 0 aliphatic heterocycles. The van der Waals surface area contributed by atoms with E-state index >= 15 is 0 Å². The van der Waals surface area contributed by atoms with Gasteiger partial charge in [-0.1, -0.05) is 69.6 Å². The van der Waals surface area contributed by atoms with Gasteiger partial charge in [-0.3, -0.25) is 9.48 Å². The van der Waals surface area contributed by atoms with Gasteiger partial charge in [0.25, 0.3) is 5.43 Å². The second-order valence-corrected chi connectivity index (χ2v) is 8.20. The van der Waals surface area contributed by atoms with Crippen molar-refractivity contribution in [3.63, 3.8) is 0 Å². The lowest BCUT2D eigenvalue weighted by Gasteiger charge is -2.20. The van der Waals surface area contributed by atoms with Gasteiger partial charge in [-0.2, -0.15) is 10.2 Å². The van der Waals surface area contributed by atoms with E-state index in [0.717, 1.165) is 31.4 Å². The van der Waals surface area contributed by atoms with Crippen LogP contribution in [0.25, 0.3) is 17.1 Å². The van der Waals surface area contributed by atoms with Gasteiger partial charge in [-0.25, -0.2) is 4.68 Å². The predicted molar refractivity (Wildman–Crippen MR) is 118 cm³/mol. The van der Waals surface area contributed by atoms with Gasteiger partial charge < -0.3 is 5.11 Å². The first-order chi connectivity index (χ1) is 14.7. The molecule has 158 valence electrons. The molecule has 2 heterocycles. The lowest BCUT2D eigenvalue weighted by molar-refractivity contribution is 0.357. The fourth-order valence-corrected chi connectivity index (χ4v) is 4.34. The van der Waals surface area contributed by atoms with Crippen molar-refractivity contribution in [2.75, 3.05) is 0 Å². The molecule has 6 nitrogen and oxygen atoms in total. The maximum absolute atomic E-state index is 12.8. The van der Waals surface area contributed by atoms with Crippen molar-refractivity contribution in [3.8, 4) is 22.8 Å². The van der Waals surface area contributed by atoms with E-state index in [1.807, 2.05) is 35.0 Å². The van der Waals surface area contributed by atoms with Crippen LogP contribution in [0.3, 0.4) is 0 Å². The van der Waals surface area contributed by atoms with Gasteiger partial charge in [0, 0.05) is 0 Å². The first kappa shape index (κ1) is 20.4. The van der Waals surface area contributed by atoms with E-state index < -0.39 is 5.43 Å². The Bertz CT molecular complexity index is 998. The monoisotopic (exact) mass is 406 g/mol. The zero-order chi connectivity index (χ0) is 20.8. The summed E-state index contributed by atoms with van der Waals surface area (Å²) in [7, 11) is 0. The van der Waals surface area contributed by atoms with Crippen LogP contribution in [-0.4, -0.2) is 24.7 Å². The Kier molecular flexibility index (Phi) is 6.62. The Labute approximate surface area is 177 Å². The molecule has 1 fully saturated rings. The normalized spacial score (nSPS) is 16.8. The average Bonchev–Trinajstić information content (AvgIpc) is 3.23. The van der Waals surface area contributed by atoms with E-state index in [1.54, 1.807) is 16.9 Å². The zero-order valence-electron chi connectivity index (χ0n) is 17.4. The third-order valence-corrected chi connectivity index (χ3v) is 6.00. The molecule has 0 radical (unpaired) electrons. The quantitative estimate of drug-likeness (QED) is 0.644. The van der Waals surface area contributed by atoms with Gasteiger partial charge in [0.15, 0.2) is 11.4 Å². The van der Waals surface area contributed by atoms with Crippen LogP contribution in [0.4, 0.5) is 0 Å². The number of hydrogen-bond donors (Lipinski definition) is 1. The van der Waals surface area contributed by atoms with Crippen LogP contribution in [-0.2, 0) is 0 Å². The van der Waals surface area contributed by atoms with Crippen LogP contribution in [0.15, 0.2) is 53.6 Å². The average molecular weight is 407 g/mol. The predicted octanol–water partition coefficient (Wildman–Crippen LogP) is 5.26. The second-order valence-electron chi connectivity index (χ2n) is 8.20. The Hall–Kier alpha value is -2.89. The second kappa shape index (κ2) is 9.74. The number of aromatic hydroxyl groups is 1. The van der Waals surface area contributed by atoms with E-state index in [2.05, 4.69) is 5.10 Å². The molecule has 4 rings (SSSR count). The summed E-state index contributed by atoms with van der Waals surface area (Å²) >= 11 is 0. The molecule has 1 aromatic carbocycles. The minimum atomic E-state index is -0.458. The molecule has 1 aliphatic rings. The summed E-state index contributed by atoms with van der Waals surface area (Å²) in [6, 6.07) is 11.6. The van der Waals surface area contributed by atoms with Crippen LogP contribution in [0, 0.1) is 0 Å². The van der Waals surface area contributed by atoms with E-state index in [1.165, 1.54) is 44.7 Å². The summed E-state index contributed by atoms with van der Waals surface area (Å²) in [5.41, 5.74) is 1.22. The molecule has 0 atom stereocenters. The molecule has 1 aliphatic carbocycles. The van der Waals surface area contributed by atoms with E-state index in [9.17, 15) is 9.90 Å². The molecule has 0 bridgehead atoms. The molecule has 6 heteroatoms. The van der Waals surface area contributed by atoms with Crippen LogP contribution in [0.2, 0.25) is 0 Å². The topological polar surface area (TPSA) is 72.9 Å². The molecule has 0 amide bonds. The van der Waals surface area contributed by atoms with Crippen molar-refractivity contribution in [3.05, 3.63) is 59.0 Å². The molecular weight excluding hydrogens is 376 g/mol. The summed E-state index contributed by atoms with van der Waals surface area (Å²) < 4.78 is 3.53. The largest absolute Gasteiger partial charge is 0.503 e. The highest BCUT2D eigenvalue weighted by Gasteiger charge is 2.20. The summed E-state index contributed by atoms with van der Waals surface area (Å²) in [6.45, 7) is 0. The Morgan fingerprint density at radius 2 is 1.50 bits per heavy atom. The van der Waals surface area contributed by atoms with Crippen molar-refractivity contribution in [2.24, 2.45) is 0 Å². The minimum Gasteiger partial charge on any atom is -0.503 e. The lowest BCUT2D eigenvalue weighted by atomic mass is 10.0. The van der Waals surface area contributed by atoms with Crippen LogP contribution >= 0.6 is 0 Å². The third-order valence-electron chi connectivity index (χ3n) is 6.00. The molecular formula is C24H30N4O2. The lowest BCUT2D eigenvalue weighted by Crippen LogP contribution is -2.20. The smallest absolute Gasteiger partial charge is 0.251 e. The maximum Gasteiger partial charge on any atom is 0.251 e. The fraction of sp³-hybridized carbons (Fsp3) is 0.458. The highest BCUT2D eigenvalue weighted by atomic mass is 16.3. The number of benzene rings is 1. The molecule has 0 spiro atoms. The van der Waals surface area contributed by atoms with Crippen LogP contribution < -0.4 is 5.43 Å². The molecule has 0 saturated heterocycles. The van der Waals surface area contributed by atoms with Crippen molar-refractivity contribution >= 4 is 0 Å². The van der Waals surface area contributed by atoms with Gasteiger partial charge in [0.2, 0.25) is 0 Å². The Morgan fingerprint density at radius 3 is 2.17 bits per heavy atom. The highest BCUT2D eigenvalue weighted by Crippen LogP contribution is 2.27. The maximum atomic E-state index is 12.8. The standard InChI is InChI=1S/C24H30N4O2/c29-22-18-27(19-12-8-5-3-1-2-4-6-9-13-19)26-23(24(22)30)21-16-17-25-28(21)20-14-10-7-11-15-20/h7,10-11,14-19,29H,1-6,8-9,12-13H2. The Balaban J connectivity index is 1.69. The van der Waals surface area contributed by atoms with E-state index in [0.29, 0.717) is 5.69 Å². The number of para-hydroxylation sites is 1. The zero-order valence-corrected chi connectivity index (χ0v) is 17.4. The summed E-state index contributed by atoms with van der Waals surface area (Å²) in [5, 5.41) is 19.5. The first-order valence-electron chi connectivity index (χ1n) is 11.2. The SMILES string of the molecule is O=c1c(O)cn(C2CCCCCCCCCC2)nc1-c1ccnn1-c1ccccc1. The molecule has 1 saturated carbocycles. The van der Waals surface area contributed by atoms with E-state index in [4.69, 9.17) is 5.10 Å². The summed E-state index contributed by atoms with van der Waals surface area (Å²) in [6.07, 6.45) is 15.2. The molecule has 0 unspecified atom stereocenters. The van der Waals surface area contributed by atoms with Crippen molar-refractivity contribution < 1.29 is 5.11 Å². The highest BCUT2D eigenvalue weighted by molar-refractivity contribution is 5.58. The van der Waals surface area contributed by atoms with Gasteiger partial charge >= 0.3 is 0 Å². The molecule has 2 aromatic heterocycles. The van der Waals surface area contributed by atoms with Crippen molar-refractivity contribution in [2.45, 2.75) is 70.3 Å². The van der Waals surface area contributed by atoms with Gasteiger partial charge in [0.05, 0.1) is 29.8 Å². The molecule has 1 N–H and O–H groups in total. The van der Waals surface area contributed by atoms with Gasteiger partial charge in [0.1, 0.15) is 0 Å². The first-order valence-corrected chi connectivity index (χ1v) is 11.2. The van der Waals surface area contributed by atoms with Crippen molar-refractivity contribution in [1.29, 1.82) is 0 Å². The fourth-order valence-electron chi connectivity index (χ4n) is 4.34. The number of rotatable bonds is 3. The van der Waals surface area contributed by atoms with Gasteiger partial charge in [-0.15, -0.1) is 0 Å². The minimum absolute atomic E-state index is 0.196. The van der Waals surface area contributed by atoms with E-state index in [-0.39, 0.29) is 17.5 Å². The molecule has 3 aromatic rings. The van der Waals surface area contributed by atoms with Gasteiger partial charge in [-0.05, 0) is 31.0 Å². The Morgan fingerprint density at radius 1 is 0.867 bits per heavy atom. The van der Waals surface area contributed by atoms with Crippen molar-refractivity contribution in [1.82, 2.24) is 19.6 Å². The number of hydrogen-bond acceptors (Lipinski definition) is 4. The number of aromatic nitrogens is 4. The number of nitrogens with zero attached hydrogens (tertiary/aromatic N) is 4. The van der Waals surface area contributed by atoms with Crippen LogP contribution in [0.5, 0.6) is 5.75 Å². The molecule has 30 heavy (non-hydrogen) atoms. The van der Waals surface area contributed by atoms with Crippen LogP contribution in [0.1, 0.15) is 70.3 Å². The summed E-state index contributed by atoms with van der Waals surface area (Å²) in [5.74, 6) is -0.255. The summed E-state index contributed by atoms with van der Waals surface area (Å²) in [4.78, 5) is 12.8.